The Morgan fingerprint density at radius 3 is 2.84 bits per heavy atom. The monoisotopic (exact) mass is 258 g/mol. The van der Waals surface area contributed by atoms with Crippen molar-refractivity contribution in [1.82, 2.24) is 14.9 Å². The zero-order chi connectivity index (χ0) is 13.2. The van der Waals surface area contributed by atoms with Gasteiger partial charge in [-0.05, 0) is 38.1 Å². The molecular weight excluding hydrogens is 240 g/mol. The number of carbonyl (C=O) groups is 1. The number of nitrogens with zero attached hydrogens (tertiary/aromatic N) is 2. The number of benzene rings is 1. The quantitative estimate of drug-likeness (QED) is 0.863. The van der Waals surface area contributed by atoms with Crippen LogP contribution in [0.5, 0.6) is 0 Å². The van der Waals surface area contributed by atoms with Crippen molar-refractivity contribution < 1.29 is 4.79 Å². The molecule has 1 aromatic carbocycles. The highest BCUT2D eigenvalue weighted by Crippen LogP contribution is 2.21. The van der Waals surface area contributed by atoms with Crippen molar-refractivity contribution in [3.05, 3.63) is 24.3 Å². The van der Waals surface area contributed by atoms with E-state index in [1.54, 1.807) is 11.5 Å². The summed E-state index contributed by atoms with van der Waals surface area (Å²) < 4.78 is 1.66. The number of piperidine rings is 1. The summed E-state index contributed by atoms with van der Waals surface area (Å²) in [7, 11) is 0. The lowest BCUT2D eigenvalue weighted by atomic mass is 10.1. The lowest BCUT2D eigenvalue weighted by Gasteiger charge is -2.24. The van der Waals surface area contributed by atoms with Crippen LogP contribution in [0, 0.1) is 0 Å². The Labute approximate surface area is 112 Å². The molecule has 1 saturated heterocycles. The van der Waals surface area contributed by atoms with Crippen molar-refractivity contribution in [1.29, 1.82) is 0 Å². The Hall–Kier alpha value is -1.88. The van der Waals surface area contributed by atoms with Crippen LogP contribution in [0.4, 0.5) is 5.95 Å². The second-order valence-corrected chi connectivity index (χ2v) is 4.95. The fraction of sp³-hybridized carbons (Fsp3) is 0.429. The molecule has 0 saturated carbocycles. The SMILES string of the molecule is CC(=O)n1c(NC2CCNCC2)nc2ccccc21. The van der Waals surface area contributed by atoms with Gasteiger partial charge in [-0.2, -0.15) is 0 Å². The van der Waals surface area contributed by atoms with E-state index in [-0.39, 0.29) is 5.91 Å². The first-order valence-corrected chi connectivity index (χ1v) is 6.71. The molecule has 100 valence electrons. The van der Waals surface area contributed by atoms with E-state index >= 15 is 0 Å². The third-order valence-electron chi connectivity index (χ3n) is 3.55. The maximum atomic E-state index is 11.9. The lowest BCUT2D eigenvalue weighted by molar-refractivity contribution is 0.0943. The van der Waals surface area contributed by atoms with Gasteiger partial charge in [0.25, 0.3) is 0 Å². The summed E-state index contributed by atoms with van der Waals surface area (Å²) in [5.74, 6) is 0.658. The van der Waals surface area contributed by atoms with Gasteiger partial charge < -0.3 is 10.6 Å². The lowest BCUT2D eigenvalue weighted by Crippen LogP contribution is -2.36. The van der Waals surface area contributed by atoms with Crippen LogP contribution >= 0.6 is 0 Å². The zero-order valence-electron chi connectivity index (χ0n) is 11.0. The summed E-state index contributed by atoms with van der Waals surface area (Å²) in [5, 5.41) is 6.74. The van der Waals surface area contributed by atoms with Gasteiger partial charge in [-0.15, -0.1) is 0 Å². The minimum absolute atomic E-state index is 0.00913. The second kappa shape index (κ2) is 5.01. The number of hydrogen-bond acceptors (Lipinski definition) is 4. The van der Waals surface area contributed by atoms with Gasteiger partial charge in [0.05, 0.1) is 11.0 Å². The number of hydrogen-bond donors (Lipinski definition) is 2. The fourth-order valence-corrected chi connectivity index (χ4v) is 2.59. The fourth-order valence-electron chi connectivity index (χ4n) is 2.59. The molecule has 1 fully saturated rings. The highest BCUT2D eigenvalue weighted by Gasteiger charge is 2.18. The van der Waals surface area contributed by atoms with Crippen LogP contribution in [0.1, 0.15) is 24.6 Å². The summed E-state index contributed by atoms with van der Waals surface area (Å²) in [4.78, 5) is 16.4. The summed E-state index contributed by atoms with van der Waals surface area (Å²) in [6.07, 6.45) is 2.11. The van der Waals surface area contributed by atoms with Crippen LogP contribution < -0.4 is 10.6 Å². The van der Waals surface area contributed by atoms with E-state index in [2.05, 4.69) is 15.6 Å². The number of para-hydroxylation sites is 2. The van der Waals surface area contributed by atoms with Gasteiger partial charge in [0.2, 0.25) is 11.9 Å². The van der Waals surface area contributed by atoms with Gasteiger partial charge >= 0.3 is 0 Å². The normalized spacial score (nSPS) is 16.7. The molecule has 5 heteroatoms. The van der Waals surface area contributed by atoms with Gasteiger partial charge in [0, 0.05) is 13.0 Å². The molecule has 1 aliphatic heterocycles. The second-order valence-electron chi connectivity index (χ2n) is 4.95. The first-order chi connectivity index (χ1) is 9.25. The van der Waals surface area contributed by atoms with E-state index in [1.165, 1.54) is 0 Å². The number of aromatic nitrogens is 2. The van der Waals surface area contributed by atoms with Crippen LogP contribution in [0.25, 0.3) is 11.0 Å². The first kappa shape index (κ1) is 12.2. The molecule has 2 heterocycles. The van der Waals surface area contributed by atoms with E-state index in [9.17, 15) is 4.79 Å². The van der Waals surface area contributed by atoms with Crippen molar-refractivity contribution in [2.45, 2.75) is 25.8 Å². The molecule has 1 aliphatic rings. The molecule has 2 N–H and O–H groups in total. The van der Waals surface area contributed by atoms with Crippen molar-refractivity contribution in [3.8, 4) is 0 Å². The number of imidazole rings is 1. The maximum Gasteiger partial charge on any atom is 0.230 e. The highest BCUT2D eigenvalue weighted by atomic mass is 16.1. The van der Waals surface area contributed by atoms with Crippen LogP contribution in [-0.2, 0) is 0 Å². The Morgan fingerprint density at radius 1 is 1.37 bits per heavy atom. The first-order valence-electron chi connectivity index (χ1n) is 6.71. The van der Waals surface area contributed by atoms with Crippen molar-refractivity contribution in [2.24, 2.45) is 0 Å². The molecular formula is C14H18N4O. The van der Waals surface area contributed by atoms with E-state index in [0.717, 1.165) is 37.0 Å². The molecule has 5 nitrogen and oxygen atoms in total. The molecule has 0 amide bonds. The molecule has 0 bridgehead atoms. The summed E-state index contributed by atoms with van der Waals surface area (Å²) in [5.41, 5.74) is 1.72. The number of carbonyl (C=O) groups excluding carboxylic acids is 1. The van der Waals surface area contributed by atoms with Gasteiger partial charge in [0.1, 0.15) is 0 Å². The maximum absolute atomic E-state index is 11.9. The van der Waals surface area contributed by atoms with Crippen molar-refractivity contribution in [3.63, 3.8) is 0 Å². The number of nitrogens with one attached hydrogen (secondary N) is 2. The standard InChI is InChI=1S/C14H18N4O/c1-10(19)18-13-5-3-2-4-12(13)17-14(18)16-11-6-8-15-9-7-11/h2-5,11,15H,6-9H2,1H3,(H,16,17). The molecule has 0 aliphatic carbocycles. The van der Waals surface area contributed by atoms with Crippen LogP contribution in [0.15, 0.2) is 24.3 Å². The zero-order valence-corrected chi connectivity index (χ0v) is 11.0. The predicted octanol–water partition coefficient (Wildman–Crippen LogP) is 1.86. The predicted molar refractivity (Wildman–Crippen MR) is 75.5 cm³/mol. The van der Waals surface area contributed by atoms with Gasteiger partial charge in [-0.3, -0.25) is 4.79 Å². The molecule has 3 rings (SSSR count). The average molecular weight is 258 g/mol. The van der Waals surface area contributed by atoms with Gasteiger partial charge in [-0.25, -0.2) is 9.55 Å². The molecule has 0 unspecified atom stereocenters. The molecule has 0 radical (unpaired) electrons. The van der Waals surface area contributed by atoms with Crippen LogP contribution in [0.3, 0.4) is 0 Å². The Morgan fingerprint density at radius 2 is 2.11 bits per heavy atom. The topological polar surface area (TPSA) is 59.0 Å². The summed E-state index contributed by atoms with van der Waals surface area (Å²) in [6.45, 7) is 3.59. The number of rotatable bonds is 2. The van der Waals surface area contributed by atoms with Crippen molar-refractivity contribution >= 4 is 22.9 Å². The number of anilines is 1. The third kappa shape index (κ3) is 2.33. The molecule has 2 aromatic rings. The average Bonchev–Trinajstić information content (AvgIpc) is 2.77. The Bertz CT molecular complexity index is 599. The smallest absolute Gasteiger partial charge is 0.230 e. The molecule has 0 atom stereocenters. The highest BCUT2D eigenvalue weighted by molar-refractivity contribution is 5.92. The van der Waals surface area contributed by atoms with E-state index in [0.29, 0.717) is 12.0 Å². The Balaban J connectivity index is 1.97. The number of fused-ring (bicyclic) bond motifs is 1. The van der Waals surface area contributed by atoms with Crippen LogP contribution in [0.2, 0.25) is 0 Å². The van der Waals surface area contributed by atoms with Crippen LogP contribution in [-0.4, -0.2) is 34.6 Å². The minimum Gasteiger partial charge on any atom is -0.352 e. The summed E-state index contributed by atoms with van der Waals surface area (Å²) >= 11 is 0. The van der Waals surface area contributed by atoms with Crippen molar-refractivity contribution in [2.75, 3.05) is 18.4 Å². The third-order valence-corrected chi connectivity index (χ3v) is 3.55. The largest absolute Gasteiger partial charge is 0.352 e. The molecule has 0 spiro atoms. The molecule has 19 heavy (non-hydrogen) atoms. The van der Waals surface area contributed by atoms with E-state index in [1.807, 2.05) is 24.3 Å². The minimum atomic E-state index is -0.00913. The van der Waals surface area contributed by atoms with E-state index < -0.39 is 0 Å². The van der Waals surface area contributed by atoms with E-state index in [4.69, 9.17) is 0 Å². The Kier molecular flexibility index (Phi) is 3.21. The van der Waals surface area contributed by atoms with Gasteiger partial charge in [-0.1, -0.05) is 12.1 Å². The molecule has 1 aromatic heterocycles. The van der Waals surface area contributed by atoms with Gasteiger partial charge in [0.15, 0.2) is 0 Å². The summed E-state index contributed by atoms with van der Waals surface area (Å²) in [6, 6.07) is 8.11.